The Kier molecular flexibility index (Phi) is 6.13. The number of rotatable bonds is 6. The van der Waals surface area contributed by atoms with Crippen molar-refractivity contribution in [3.05, 3.63) is 59.4 Å². The monoisotopic (exact) mass is 386 g/mol. The highest BCUT2D eigenvalue weighted by atomic mass is 19.1. The normalized spacial score (nSPS) is 13.7. The van der Waals surface area contributed by atoms with Crippen molar-refractivity contribution in [2.24, 2.45) is 5.92 Å². The van der Waals surface area contributed by atoms with Crippen LogP contribution in [0.4, 0.5) is 4.39 Å². The van der Waals surface area contributed by atoms with Gasteiger partial charge in [0.2, 0.25) is 5.91 Å². The molecule has 0 spiro atoms. The molecule has 6 nitrogen and oxygen atoms in total. The maximum atomic E-state index is 13.8. The number of carbonyl (C=O) groups is 2. The Morgan fingerprint density at radius 1 is 1.07 bits per heavy atom. The van der Waals surface area contributed by atoms with Crippen LogP contribution in [0, 0.1) is 11.7 Å². The SMILES string of the molecule is CC(C)C(NC(=O)c1ccccc1F)C(=O)NCc1cccc2c1OCCO2. The summed E-state index contributed by atoms with van der Waals surface area (Å²) in [5.74, 6) is -0.525. The molecule has 148 valence electrons. The number of benzene rings is 2. The molecule has 1 heterocycles. The van der Waals surface area contributed by atoms with Gasteiger partial charge in [0.1, 0.15) is 25.1 Å². The van der Waals surface area contributed by atoms with Gasteiger partial charge in [0.05, 0.1) is 5.56 Å². The summed E-state index contributed by atoms with van der Waals surface area (Å²) in [5.41, 5.74) is 0.692. The molecule has 2 N–H and O–H groups in total. The van der Waals surface area contributed by atoms with Crippen molar-refractivity contribution in [1.29, 1.82) is 0 Å². The van der Waals surface area contributed by atoms with Crippen LogP contribution in [-0.4, -0.2) is 31.1 Å². The highest BCUT2D eigenvalue weighted by molar-refractivity contribution is 5.97. The van der Waals surface area contributed by atoms with E-state index in [2.05, 4.69) is 10.6 Å². The first-order chi connectivity index (χ1) is 13.5. The zero-order valence-electron chi connectivity index (χ0n) is 15.8. The Morgan fingerprint density at radius 3 is 2.57 bits per heavy atom. The molecule has 3 rings (SSSR count). The molecule has 1 atom stereocenters. The van der Waals surface area contributed by atoms with Crippen LogP contribution in [0.2, 0.25) is 0 Å². The Morgan fingerprint density at radius 2 is 1.82 bits per heavy atom. The van der Waals surface area contributed by atoms with Gasteiger partial charge >= 0.3 is 0 Å². The van der Waals surface area contributed by atoms with Crippen molar-refractivity contribution in [1.82, 2.24) is 10.6 Å². The van der Waals surface area contributed by atoms with E-state index < -0.39 is 17.8 Å². The lowest BCUT2D eigenvalue weighted by Gasteiger charge is -2.23. The predicted molar refractivity (Wildman–Crippen MR) is 102 cm³/mol. The first-order valence-corrected chi connectivity index (χ1v) is 9.18. The molecule has 2 amide bonds. The fraction of sp³-hybridized carbons (Fsp3) is 0.333. The molecule has 0 saturated carbocycles. The summed E-state index contributed by atoms with van der Waals surface area (Å²) in [4.78, 5) is 25.1. The minimum atomic E-state index is -0.802. The third-order valence-electron chi connectivity index (χ3n) is 4.46. The van der Waals surface area contributed by atoms with Crippen LogP contribution in [0.15, 0.2) is 42.5 Å². The van der Waals surface area contributed by atoms with Crippen molar-refractivity contribution in [3.8, 4) is 11.5 Å². The number of hydrogen-bond acceptors (Lipinski definition) is 4. The van der Waals surface area contributed by atoms with Gasteiger partial charge in [-0.1, -0.05) is 38.1 Å². The summed E-state index contributed by atoms with van der Waals surface area (Å²) < 4.78 is 25.0. The standard InChI is InChI=1S/C21H23FN2O4/c1-13(2)18(24-20(25)15-7-3-4-8-16(15)22)21(26)23-12-14-6-5-9-17-19(14)28-11-10-27-17/h3-9,13,18H,10-12H2,1-2H3,(H,23,26)(H,24,25). The topological polar surface area (TPSA) is 76.7 Å². The molecule has 0 fully saturated rings. The number of ether oxygens (including phenoxy) is 2. The van der Waals surface area contributed by atoms with Gasteiger partial charge in [-0.3, -0.25) is 9.59 Å². The van der Waals surface area contributed by atoms with Gasteiger partial charge in [0, 0.05) is 12.1 Å². The number of carbonyl (C=O) groups excluding carboxylic acids is 2. The second-order valence-corrected chi connectivity index (χ2v) is 6.83. The van der Waals surface area contributed by atoms with Crippen molar-refractivity contribution < 1.29 is 23.5 Å². The Labute approximate surface area is 163 Å². The minimum Gasteiger partial charge on any atom is -0.486 e. The third kappa shape index (κ3) is 4.42. The molecule has 1 unspecified atom stereocenters. The van der Waals surface area contributed by atoms with E-state index in [1.807, 2.05) is 32.0 Å². The van der Waals surface area contributed by atoms with E-state index in [1.165, 1.54) is 18.2 Å². The van der Waals surface area contributed by atoms with Crippen LogP contribution in [0.25, 0.3) is 0 Å². The lowest BCUT2D eigenvalue weighted by molar-refractivity contribution is -0.124. The molecule has 1 aliphatic heterocycles. The quantitative estimate of drug-likeness (QED) is 0.800. The van der Waals surface area contributed by atoms with Gasteiger partial charge < -0.3 is 20.1 Å². The lowest BCUT2D eigenvalue weighted by atomic mass is 10.0. The van der Waals surface area contributed by atoms with Crippen LogP contribution in [0.5, 0.6) is 11.5 Å². The van der Waals surface area contributed by atoms with Crippen molar-refractivity contribution >= 4 is 11.8 Å². The second kappa shape index (κ2) is 8.73. The van der Waals surface area contributed by atoms with Crippen LogP contribution in [0.3, 0.4) is 0 Å². The smallest absolute Gasteiger partial charge is 0.254 e. The first-order valence-electron chi connectivity index (χ1n) is 9.18. The van der Waals surface area contributed by atoms with Crippen LogP contribution in [0.1, 0.15) is 29.8 Å². The Balaban J connectivity index is 1.67. The van der Waals surface area contributed by atoms with E-state index in [0.717, 1.165) is 5.56 Å². The number of nitrogens with one attached hydrogen (secondary N) is 2. The van der Waals surface area contributed by atoms with E-state index in [1.54, 1.807) is 6.07 Å². The zero-order valence-corrected chi connectivity index (χ0v) is 15.8. The Hall–Kier alpha value is -3.09. The fourth-order valence-corrected chi connectivity index (χ4v) is 2.96. The summed E-state index contributed by atoms with van der Waals surface area (Å²) in [5, 5.41) is 5.44. The fourth-order valence-electron chi connectivity index (χ4n) is 2.96. The van der Waals surface area contributed by atoms with E-state index in [-0.39, 0.29) is 23.9 Å². The number of hydrogen-bond donors (Lipinski definition) is 2. The molecule has 0 aliphatic carbocycles. The Bertz CT molecular complexity index is 869. The van der Waals surface area contributed by atoms with Crippen LogP contribution in [-0.2, 0) is 11.3 Å². The molecular formula is C21H23FN2O4. The molecule has 7 heteroatoms. The predicted octanol–water partition coefficient (Wildman–Crippen LogP) is 2.67. The maximum Gasteiger partial charge on any atom is 0.254 e. The molecular weight excluding hydrogens is 363 g/mol. The van der Waals surface area contributed by atoms with Crippen molar-refractivity contribution in [2.75, 3.05) is 13.2 Å². The average Bonchev–Trinajstić information content (AvgIpc) is 2.70. The molecule has 2 aromatic rings. The third-order valence-corrected chi connectivity index (χ3v) is 4.46. The highest BCUT2D eigenvalue weighted by Crippen LogP contribution is 2.33. The largest absolute Gasteiger partial charge is 0.486 e. The van der Waals surface area contributed by atoms with Gasteiger partial charge in [0.25, 0.3) is 5.91 Å². The van der Waals surface area contributed by atoms with Crippen LogP contribution < -0.4 is 20.1 Å². The molecule has 0 aromatic heterocycles. The summed E-state index contributed by atoms with van der Waals surface area (Å²) in [6.07, 6.45) is 0. The average molecular weight is 386 g/mol. The van der Waals surface area contributed by atoms with Gasteiger partial charge in [-0.05, 0) is 24.1 Å². The highest BCUT2D eigenvalue weighted by Gasteiger charge is 2.26. The lowest BCUT2D eigenvalue weighted by Crippen LogP contribution is -2.49. The minimum absolute atomic E-state index is 0.0939. The van der Waals surface area contributed by atoms with Gasteiger partial charge in [0.15, 0.2) is 11.5 Å². The molecule has 0 saturated heterocycles. The van der Waals surface area contributed by atoms with E-state index >= 15 is 0 Å². The second-order valence-electron chi connectivity index (χ2n) is 6.83. The van der Waals surface area contributed by atoms with E-state index in [0.29, 0.717) is 24.7 Å². The van der Waals surface area contributed by atoms with E-state index in [9.17, 15) is 14.0 Å². The number of para-hydroxylation sites is 1. The van der Waals surface area contributed by atoms with Crippen molar-refractivity contribution in [3.63, 3.8) is 0 Å². The summed E-state index contributed by atoms with van der Waals surface area (Å²) in [6.45, 7) is 4.79. The molecule has 0 radical (unpaired) electrons. The van der Waals surface area contributed by atoms with Gasteiger partial charge in [-0.15, -0.1) is 0 Å². The van der Waals surface area contributed by atoms with Gasteiger partial charge in [-0.2, -0.15) is 0 Å². The van der Waals surface area contributed by atoms with Gasteiger partial charge in [-0.25, -0.2) is 4.39 Å². The number of halogens is 1. The van der Waals surface area contributed by atoms with E-state index in [4.69, 9.17) is 9.47 Å². The first kappa shape index (κ1) is 19.7. The number of amides is 2. The van der Waals surface area contributed by atoms with Crippen LogP contribution >= 0.6 is 0 Å². The number of fused-ring (bicyclic) bond motifs is 1. The maximum absolute atomic E-state index is 13.8. The van der Waals surface area contributed by atoms with Crippen molar-refractivity contribution in [2.45, 2.75) is 26.4 Å². The summed E-state index contributed by atoms with van der Waals surface area (Å²) in [6, 6.07) is 10.3. The molecule has 28 heavy (non-hydrogen) atoms. The zero-order chi connectivity index (χ0) is 20.1. The summed E-state index contributed by atoms with van der Waals surface area (Å²) in [7, 11) is 0. The molecule has 1 aliphatic rings. The molecule has 0 bridgehead atoms. The molecule has 2 aromatic carbocycles. The summed E-state index contributed by atoms with van der Waals surface area (Å²) >= 11 is 0.